The highest BCUT2D eigenvalue weighted by Gasteiger charge is 2.33. The molecule has 0 heterocycles. The monoisotopic (exact) mass is 241 g/mol. The molecule has 1 N–H and O–H groups in total. The molecule has 0 saturated heterocycles. The lowest BCUT2D eigenvalue weighted by atomic mass is 9.77. The molecule has 0 amide bonds. The van der Waals surface area contributed by atoms with Crippen LogP contribution in [0.3, 0.4) is 0 Å². The van der Waals surface area contributed by atoms with Gasteiger partial charge in [-0.1, -0.05) is 34.6 Å². The van der Waals surface area contributed by atoms with E-state index in [1.165, 1.54) is 12.8 Å². The number of hydrogen-bond acceptors (Lipinski definition) is 2. The Kier molecular flexibility index (Phi) is 5.94. The third kappa shape index (κ3) is 4.26. The first-order valence-electron chi connectivity index (χ1n) is 7.37. The van der Waals surface area contributed by atoms with Crippen LogP contribution in [0.1, 0.15) is 53.9 Å². The fourth-order valence-electron chi connectivity index (χ4n) is 3.13. The normalized spacial score (nSPS) is 30.5. The molecule has 1 fully saturated rings. The van der Waals surface area contributed by atoms with Gasteiger partial charge in [0, 0.05) is 12.6 Å². The highest BCUT2D eigenvalue weighted by Crippen LogP contribution is 2.33. The van der Waals surface area contributed by atoms with E-state index in [4.69, 9.17) is 0 Å². The average molecular weight is 241 g/mol. The maximum atomic E-state index is 10.2. The second-order valence-electron chi connectivity index (χ2n) is 6.43. The quantitative estimate of drug-likeness (QED) is 0.799. The van der Waals surface area contributed by atoms with Crippen molar-refractivity contribution in [2.45, 2.75) is 66.0 Å². The number of likely N-dealkylation sites (N-methyl/N-ethyl adjacent to an activating group) is 1. The molecule has 0 bridgehead atoms. The fraction of sp³-hybridized carbons (Fsp3) is 1.00. The zero-order chi connectivity index (χ0) is 13.0. The molecule has 2 nitrogen and oxygen atoms in total. The fourth-order valence-corrected chi connectivity index (χ4v) is 3.13. The standard InChI is InChI=1S/C15H31NO/c1-6-16(10-11(2)3)14-9-13(12(4)5)7-8-15(14)17/h11-15,17H,6-10H2,1-5H3. The molecule has 1 rings (SSSR count). The van der Waals surface area contributed by atoms with Crippen molar-refractivity contribution in [1.82, 2.24) is 4.90 Å². The van der Waals surface area contributed by atoms with E-state index in [1.54, 1.807) is 0 Å². The second kappa shape index (κ2) is 6.75. The van der Waals surface area contributed by atoms with Crippen LogP contribution in [0, 0.1) is 17.8 Å². The molecule has 3 unspecified atom stereocenters. The van der Waals surface area contributed by atoms with Crippen molar-refractivity contribution in [3.63, 3.8) is 0 Å². The van der Waals surface area contributed by atoms with Crippen molar-refractivity contribution in [3.8, 4) is 0 Å². The SMILES string of the molecule is CCN(CC(C)C)C1CC(C(C)C)CCC1O. The molecule has 1 aliphatic rings. The van der Waals surface area contributed by atoms with Crippen molar-refractivity contribution in [2.75, 3.05) is 13.1 Å². The Bertz CT molecular complexity index is 215. The van der Waals surface area contributed by atoms with Crippen molar-refractivity contribution >= 4 is 0 Å². The van der Waals surface area contributed by atoms with Gasteiger partial charge in [0.15, 0.2) is 0 Å². The van der Waals surface area contributed by atoms with Crippen molar-refractivity contribution in [3.05, 3.63) is 0 Å². The van der Waals surface area contributed by atoms with Crippen LogP contribution in [0.15, 0.2) is 0 Å². The summed E-state index contributed by atoms with van der Waals surface area (Å²) < 4.78 is 0. The lowest BCUT2D eigenvalue weighted by Crippen LogP contribution is -2.49. The third-order valence-electron chi connectivity index (χ3n) is 4.24. The zero-order valence-corrected chi connectivity index (χ0v) is 12.3. The summed E-state index contributed by atoms with van der Waals surface area (Å²) >= 11 is 0. The lowest BCUT2D eigenvalue weighted by molar-refractivity contribution is -0.00663. The van der Waals surface area contributed by atoms with Gasteiger partial charge in [-0.05, 0) is 43.6 Å². The summed E-state index contributed by atoms with van der Waals surface area (Å²) in [5, 5.41) is 10.2. The van der Waals surface area contributed by atoms with E-state index >= 15 is 0 Å². The Hall–Kier alpha value is -0.0800. The van der Waals surface area contributed by atoms with Crippen molar-refractivity contribution < 1.29 is 5.11 Å². The first-order valence-corrected chi connectivity index (χ1v) is 7.37. The Morgan fingerprint density at radius 1 is 1.18 bits per heavy atom. The molecule has 0 aromatic heterocycles. The Balaban J connectivity index is 2.63. The molecular formula is C15H31NO. The number of hydrogen-bond donors (Lipinski definition) is 1. The van der Waals surface area contributed by atoms with E-state index in [0.717, 1.165) is 31.3 Å². The molecule has 2 heteroatoms. The zero-order valence-electron chi connectivity index (χ0n) is 12.3. The van der Waals surface area contributed by atoms with Crippen LogP contribution in [0.25, 0.3) is 0 Å². The van der Waals surface area contributed by atoms with E-state index in [2.05, 4.69) is 39.5 Å². The number of aliphatic hydroxyl groups is 1. The molecule has 1 saturated carbocycles. The van der Waals surface area contributed by atoms with Crippen molar-refractivity contribution in [2.24, 2.45) is 17.8 Å². The maximum Gasteiger partial charge on any atom is 0.0695 e. The number of rotatable bonds is 5. The van der Waals surface area contributed by atoms with Crippen LogP contribution in [-0.2, 0) is 0 Å². The van der Waals surface area contributed by atoms with Gasteiger partial charge >= 0.3 is 0 Å². The van der Waals surface area contributed by atoms with Gasteiger partial charge < -0.3 is 5.11 Å². The van der Waals surface area contributed by atoms with Gasteiger partial charge in [-0.3, -0.25) is 4.90 Å². The van der Waals surface area contributed by atoms with Crippen LogP contribution in [-0.4, -0.2) is 35.2 Å². The summed E-state index contributed by atoms with van der Waals surface area (Å²) in [5.74, 6) is 2.23. The highest BCUT2D eigenvalue weighted by atomic mass is 16.3. The van der Waals surface area contributed by atoms with Gasteiger partial charge in [0.2, 0.25) is 0 Å². The van der Waals surface area contributed by atoms with Gasteiger partial charge in [-0.2, -0.15) is 0 Å². The molecular weight excluding hydrogens is 210 g/mol. The number of nitrogens with zero attached hydrogens (tertiary/aromatic N) is 1. The first kappa shape index (κ1) is 15.0. The van der Waals surface area contributed by atoms with Gasteiger partial charge in [0.05, 0.1) is 6.10 Å². The van der Waals surface area contributed by atoms with Gasteiger partial charge in [0.1, 0.15) is 0 Å². The Morgan fingerprint density at radius 3 is 2.29 bits per heavy atom. The third-order valence-corrected chi connectivity index (χ3v) is 4.24. The van der Waals surface area contributed by atoms with Gasteiger partial charge in [-0.25, -0.2) is 0 Å². The Morgan fingerprint density at radius 2 is 1.82 bits per heavy atom. The minimum absolute atomic E-state index is 0.108. The van der Waals surface area contributed by atoms with Gasteiger partial charge in [-0.15, -0.1) is 0 Å². The topological polar surface area (TPSA) is 23.5 Å². The molecule has 0 aromatic rings. The number of aliphatic hydroxyl groups excluding tert-OH is 1. The summed E-state index contributed by atoms with van der Waals surface area (Å²) in [6.07, 6.45) is 3.26. The van der Waals surface area contributed by atoms with E-state index < -0.39 is 0 Å². The minimum Gasteiger partial charge on any atom is -0.391 e. The smallest absolute Gasteiger partial charge is 0.0695 e. The first-order chi connectivity index (χ1) is 7.95. The maximum absolute atomic E-state index is 10.2. The van der Waals surface area contributed by atoms with Crippen LogP contribution in [0.2, 0.25) is 0 Å². The van der Waals surface area contributed by atoms with E-state index in [0.29, 0.717) is 12.0 Å². The predicted octanol–water partition coefficient (Wildman–Crippen LogP) is 3.15. The molecule has 102 valence electrons. The molecule has 1 aliphatic carbocycles. The molecule has 0 aromatic carbocycles. The van der Waals surface area contributed by atoms with Crippen LogP contribution in [0.4, 0.5) is 0 Å². The summed E-state index contributed by atoms with van der Waals surface area (Å²) in [7, 11) is 0. The largest absolute Gasteiger partial charge is 0.391 e. The summed E-state index contributed by atoms with van der Waals surface area (Å²) in [6, 6.07) is 0.392. The van der Waals surface area contributed by atoms with E-state index in [-0.39, 0.29) is 6.10 Å². The minimum atomic E-state index is -0.108. The highest BCUT2D eigenvalue weighted by molar-refractivity contribution is 4.87. The summed E-state index contributed by atoms with van der Waals surface area (Å²) in [5.41, 5.74) is 0. The average Bonchev–Trinajstić information content (AvgIpc) is 2.26. The van der Waals surface area contributed by atoms with Crippen LogP contribution >= 0.6 is 0 Å². The van der Waals surface area contributed by atoms with E-state index in [9.17, 15) is 5.11 Å². The molecule has 17 heavy (non-hydrogen) atoms. The summed E-state index contributed by atoms with van der Waals surface area (Å²) in [4.78, 5) is 2.49. The van der Waals surface area contributed by atoms with Crippen LogP contribution < -0.4 is 0 Å². The molecule has 0 aliphatic heterocycles. The van der Waals surface area contributed by atoms with E-state index in [1.807, 2.05) is 0 Å². The Labute approximate surface area is 107 Å². The molecule has 0 spiro atoms. The molecule has 3 atom stereocenters. The lowest BCUT2D eigenvalue weighted by Gasteiger charge is -2.42. The second-order valence-corrected chi connectivity index (χ2v) is 6.43. The predicted molar refractivity (Wildman–Crippen MR) is 74.1 cm³/mol. The van der Waals surface area contributed by atoms with Crippen LogP contribution in [0.5, 0.6) is 0 Å². The van der Waals surface area contributed by atoms with Gasteiger partial charge in [0.25, 0.3) is 0 Å². The van der Waals surface area contributed by atoms with Crippen molar-refractivity contribution in [1.29, 1.82) is 0 Å². The summed E-state index contributed by atoms with van der Waals surface area (Å²) in [6.45, 7) is 13.5. The molecule has 0 radical (unpaired) electrons.